The third-order valence-corrected chi connectivity index (χ3v) is 4.14. The van der Waals surface area contributed by atoms with Crippen molar-refractivity contribution in [3.63, 3.8) is 0 Å². The zero-order valence-electron chi connectivity index (χ0n) is 9.23. The van der Waals surface area contributed by atoms with Crippen LogP contribution in [0.15, 0.2) is 36.0 Å². The molecule has 1 N–H and O–H groups in total. The number of fused-ring (bicyclic) bond motifs is 1. The quantitative estimate of drug-likeness (QED) is 0.780. The van der Waals surface area contributed by atoms with Crippen molar-refractivity contribution in [2.45, 2.75) is 6.54 Å². The number of halogens is 2. The van der Waals surface area contributed by atoms with Gasteiger partial charge in [0.25, 0.3) is 0 Å². The van der Waals surface area contributed by atoms with Gasteiger partial charge < -0.3 is 5.32 Å². The van der Waals surface area contributed by atoms with Crippen molar-refractivity contribution in [1.82, 2.24) is 9.38 Å². The standard InChI is InChI=1S/C12H9Cl2N3S/c13-9-2-1-3-10(11(9)14)15-6-8-7-17-4-5-18-12(17)16-8/h1-5,7,15H,6H2. The molecule has 0 spiro atoms. The highest BCUT2D eigenvalue weighted by molar-refractivity contribution is 7.15. The molecular formula is C12H9Cl2N3S. The van der Waals surface area contributed by atoms with E-state index in [0.29, 0.717) is 16.6 Å². The Morgan fingerprint density at radius 3 is 3.06 bits per heavy atom. The number of aromatic nitrogens is 2. The lowest BCUT2D eigenvalue weighted by molar-refractivity contribution is 1.08. The second-order valence-electron chi connectivity index (χ2n) is 3.78. The zero-order valence-corrected chi connectivity index (χ0v) is 11.6. The predicted molar refractivity (Wildman–Crippen MR) is 76.9 cm³/mol. The normalized spacial score (nSPS) is 11.0. The lowest BCUT2D eigenvalue weighted by Crippen LogP contribution is -2.00. The van der Waals surface area contributed by atoms with Crippen LogP contribution in [0.3, 0.4) is 0 Å². The summed E-state index contributed by atoms with van der Waals surface area (Å²) in [4.78, 5) is 5.47. The van der Waals surface area contributed by atoms with Crippen LogP contribution in [0.5, 0.6) is 0 Å². The first-order valence-electron chi connectivity index (χ1n) is 5.33. The average molecular weight is 298 g/mol. The fraction of sp³-hybridized carbons (Fsp3) is 0.0833. The first kappa shape index (κ1) is 11.8. The van der Waals surface area contributed by atoms with Gasteiger partial charge in [-0.3, -0.25) is 4.40 Å². The highest BCUT2D eigenvalue weighted by Gasteiger charge is 2.06. The van der Waals surface area contributed by atoms with E-state index in [-0.39, 0.29) is 0 Å². The van der Waals surface area contributed by atoms with E-state index in [1.54, 1.807) is 17.4 Å². The van der Waals surface area contributed by atoms with Crippen molar-refractivity contribution in [1.29, 1.82) is 0 Å². The van der Waals surface area contributed by atoms with Gasteiger partial charge in [-0.2, -0.15) is 0 Å². The summed E-state index contributed by atoms with van der Waals surface area (Å²) in [6.45, 7) is 0.620. The van der Waals surface area contributed by atoms with Crippen LogP contribution < -0.4 is 5.32 Å². The Hall–Kier alpha value is -1.23. The summed E-state index contributed by atoms with van der Waals surface area (Å²) >= 11 is 13.7. The summed E-state index contributed by atoms with van der Waals surface area (Å²) in [5.74, 6) is 0. The van der Waals surface area contributed by atoms with E-state index in [0.717, 1.165) is 16.3 Å². The van der Waals surface area contributed by atoms with Crippen LogP contribution in [0.2, 0.25) is 10.0 Å². The number of benzene rings is 1. The molecule has 18 heavy (non-hydrogen) atoms. The van der Waals surface area contributed by atoms with Crippen molar-refractivity contribution in [2.24, 2.45) is 0 Å². The number of rotatable bonds is 3. The highest BCUT2D eigenvalue weighted by Crippen LogP contribution is 2.29. The largest absolute Gasteiger partial charge is 0.378 e. The summed E-state index contributed by atoms with van der Waals surface area (Å²) in [5.41, 5.74) is 1.79. The Morgan fingerprint density at radius 1 is 1.33 bits per heavy atom. The fourth-order valence-electron chi connectivity index (χ4n) is 1.69. The average Bonchev–Trinajstić information content (AvgIpc) is 2.91. The van der Waals surface area contributed by atoms with Gasteiger partial charge in [0.2, 0.25) is 0 Å². The summed E-state index contributed by atoms with van der Waals surface area (Å²) in [6.07, 6.45) is 3.99. The molecule has 0 aliphatic heterocycles. The molecule has 2 heterocycles. The Bertz CT molecular complexity index is 661. The molecule has 0 fully saturated rings. The first-order chi connectivity index (χ1) is 8.74. The first-order valence-corrected chi connectivity index (χ1v) is 6.96. The highest BCUT2D eigenvalue weighted by atomic mass is 35.5. The smallest absolute Gasteiger partial charge is 0.193 e. The second kappa shape index (κ2) is 4.80. The van der Waals surface area contributed by atoms with Crippen molar-refractivity contribution in [2.75, 3.05) is 5.32 Å². The van der Waals surface area contributed by atoms with Gasteiger partial charge in [0, 0.05) is 17.8 Å². The Morgan fingerprint density at radius 2 is 2.22 bits per heavy atom. The van der Waals surface area contributed by atoms with Crippen molar-refractivity contribution in [3.8, 4) is 0 Å². The maximum Gasteiger partial charge on any atom is 0.193 e. The number of imidazole rings is 1. The van der Waals surface area contributed by atoms with Crippen LogP contribution >= 0.6 is 34.5 Å². The SMILES string of the molecule is Clc1cccc(NCc2cn3ccsc3n2)c1Cl. The molecule has 0 radical (unpaired) electrons. The molecule has 1 aromatic carbocycles. The maximum atomic E-state index is 6.10. The number of hydrogen-bond donors (Lipinski definition) is 1. The van der Waals surface area contributed by atoms with Crippen LogP contribution in [0.1, 0.15) is 5.69 Å². The molecule has 3 nitrogen and oxygen atoms in total. The van der Waals surface area contributed by atoms with Gasteiger partial charge in [-0.25, -0.2) is 4.98 Å². The van der Waals surface area contributed by atoms with Gasteiger partial charge in [-0.1, -0.05) is 29.3 Å². The topological polar surface area (TPSA) is 29.3 Å². The molecular weight excluding hydrogens is 289 g/mol. The molecule has 0 aliphatic carbocycles. The Labute approximate surface area is 118 Å². The lowest BCUT2D eigenvalue weighted by Gasteiger charge is -2.07. The van der Waals surface area contributed by atoms with Crippen LogP contribution in [0.25, 0.3) is 4.96 Å². The van der Waals surface area contributed by atoms with E-state index >= 15 is 0 Å². The number of hydrogen-bond acceptors (Lipinski definition) is 3. The van der Waals surface area contributed by atoms with Gasteiger partial charge in [0.05, 0.1) is 28.0 Å². The van der Waals surface area contributed by atoms with Gasteiger partial charge in [-0.15, -0.1) is 11.3 Å². The van der Waals surface area contributed by atoms with Crippen LogP contribution in [-0.4, -0.2) is 9.38 Å². The molecule has 2 aromatic heterocycles. The molecule has 3 rings (SSSR count). The molecule has 92 valence electrons. The molecule has 3 aromatic rings. The minimum absolute atomic E-state index is 0.542. The molecule has 0 amide bonds. The number of thiazole rings is 1. The summed E-state index contributed by atoms with van der Waals surface area (Å²) in [5, 5.41) is 6.33. The summed E-state index contributed by atoms with van der Waals surface area (Å²) in [7, 11) is 0. The second-order valence-corrected chi connectivity index (χ2v) is 5.44. The molecule has 0 bridgehead atoms. The Balaban J connectivity index is 1.78. The molecule has 6 heteroatoms. The number of nitrogens with one attached hydrogen (secondary N) is 1. The zero-order chi connectivity index (χ0) is 12.5. The van der Waals surface area contributed by atoms with E-state index in [1.165, 1.54) is 0 Å². The molecule has 0 atom stereocenters. The number of nitrogens with zero attached hydrogens (tertiary/aromatic N) is 2. The van der Waals surface area contributed by atoms with E-state index in [1.807, 2.05) is 34.3 Å². The van der Waals surface area contributed by atoms with E-state index in [4.69, 9.17) is 23.2 Å². The van der Waals surface area contributed by atoms with Crippen molar-refractivity contribution < 1.29 is 0 Å². The van der Waals surface area contributed by atoms with Crippen LogP contribution in [-0.2, 0) is 6.54 Å². The van der Waals surface area contributed by atoms with Crippen molar-refractivity contribution >= 4 is 45.2 Å². The Kier molecular flexibility index (Phi) is 3.16. The van der Waals surface area contributed by atoms with Gasteiger partial charge in [0.15, 0.2) is 4.96 Å². The van der Waals surface area contributed by atoms with E-state index < -0.39 is 0 Å². The fourth-order valence-corrected chi connectivity index (χ4v) is 2.77. The van der Waals surface area contributed by atoms with Crippen LogP contribution in [0, 0.1) is 0 Å². The predicted octanol–water partition coefficient (Wildman–Crippen LogP) is 4.31. The molecule has 0 aliphatic rings. The van der Waals surface area contributed by atoms with Gasteiger partial charge in [0.1, 0.15) is 0 Å². The summed E-state index contributed by atoms with van der Waals surface area (Å²) < 4.78 is 2.00. The monoisotopic (exact) mass is 297 g/mol. The van der Waals surface area contributed by atoms with Gasteiger partial charge >= 0.3 is 0 Å². The number of anilines is 1. The third-order valence-electron chi connectivity index (χ3n) is 2.55. The molecule has 0 unspecified atom stereocenters. The van der Waals surface area contributed by atoms with Crippen molar-refractivity contribution in [3.05, 3.63) is 51.7 Å². The van der Waals surface area contributed by atoms with E-state index in [9.17, 15) is 0 Å². The molecule has 0 saturated carbocycles. The lowest BCUT2D eigenvalue weighted by atomic mass is 10.3. The van der Waals surface area contributed by atoms with Gasteiger partial charge in [-0.05, 0) is 12.1 Å². The third kappa shape index (κ3) is 2.19. The minimum Gasteiger partial charge on any atom is -0.378 e. The molecule has 0 saturated heterocycles. The summed E-state index contributed by atoms with van der Waals surface area (Å²) in [6, 6.07) is 5.52. The maximum absolute atomic E-state index is 6.10. The van der Waals surface area contributed by atoms with E-state index in [2.05, 4.69) is 10.3 Å². The minimum atomic E-state index is 0.542. The van der Waals surface area contributed by atoms with Crippen LogP contribution in [0.4, 0.5) is 5.69 Å².